The molecule has 0 aromatic heterocycles. The van der Waals surface area contributed by atoms with E-state index in [4.69, 9.17) is 10.00 Å². The second-order valence-electron chi connectivity index (χ2n) is 4.75. The molecular weight excluding hydrogens is 300 g/mol. The summed E-state index contributed by atoms with van der Waals surface area (Å²) in [5, 5.41) is 8.89. The standard InChI is InChI=1S/C16H16N2O3S/c1-18(12-14-6-3-7-15(9-14)21-2)22(19,20)16-8-4-5-13(10-16)11-17/h3-10H,12H2,1-2H3. The van der Waals surface area contributed by atoms with Crippen molar-refractivity contribution in [1.82, 2.24) is 4.31 Å². The van der Waals surface area contributed by atoms with Crippen LogP contribution >= 0.6 is 0 Å². The highest BCUT2D eigenvalue weighted by molar-refractivity contribution is 7.89. The fraction of sp³-hybridized carbons (Fsp3) is 0.188. The zero-order valence-electron chi connectivity index (χ0n) is 12.4. The van der Waals surface area contributed by atoms with Crippen LogP contribution in [-0.2, 0) is 16.6 Å². The molecule has 0 aliphatic carbocycles. The number of nitrogens with zero attached hydrogens (tertiary/aromatic N) is 2. The van der Waals surface area contributed by atoms with Crippen molar-refractivity contribution in [2.45, 2.75) is 11.4 Å². The molecule has 0 N–H and O–H groups in total. The van der Waals surface area contributed by atoms with E-state index < -0.39 is 10.0 Å². The van der Waals surface area contributed by atoms with Gasteiger partial charge in [0.05, 0.1) is 23.6 Å². The highest BCUT2D eigenvalue weighted by Gasteiger charge is 2.21. The normalized spacial score (nSPS) is 11.2. The first-order chi connectivity index (χ1) is 10.5. The molecule has 2 rings (SSSR count). The van der Waals surface area contributed by atoms with Gasteiger partial charge >= 0.3 is 0 Å². The van der Waals surface area contributed by atoms with Crippen LogP contribution in [0.5, 0.6) is 5.75 Å². The summed E-state index contributed by atoms with van der Waals surface area (Å²) in [6, 6.07) is 15.2. The highest BCUT2D eigenvalue weighted by atomic mass is 32.2. The Labute approximate surface area is 130 Å². The number of nitriles is 1. The number of sulfonamides is 1. The van der Waals surface area contributed by atoms with Crippen LogP contribution in [0.1, 0.15) is 11.1 Å². The predicted octanol–water partition coefficient (Wildman–Crippen LogP) is 2.39. The first-order valence-electron chi connectivity index (χ1n) is 6.57. The van der Waals surface area contributed by atoms with Gasteiger partial charge in [0.15, 0.2) is 0 Å². The zero-order valence-corrected chi connectivity index (χ0v) is 13.2. The number of benzene rings is 2. The molecule has 0 radical (unpaired) electrons. The van der Waals surface area contributed by atoms with Crippen molar-refractivity contribution in [1.29, 1.82) is 5.26 Å². The lowest BCUT2D eigenvalue weighted by molar-refractivity contribution is 0.412. The summed E-state index contributed by atoms with van der Waals surface area (Å²) in [6.45, 7) is 0.219. The summed E-state index contributed by atoms with van der Waals surface area (Å²) >= 11 is 0. The van der Waals surface area contributed by atoms with Crippen molar-refractivity contribution in [3.8, 4) is 11.8 Å². The Balaban J connectivity index is 2.26. The second kappa shape index (κ2) is 6.60. The molecule has 0 saturated heterocycles. The van der Waals surface area contributed by atoms with Gasteiger partial charge < -0.3 is 4.74 Å². The molecular formula is C16H16N2O3S. The Morgan fingerprint density at radius 1 is 1.18 bits per heavy atom. The molecule has 2 aromatic carbocycles. The van der Waals surface area contributed by atoms with Gasteiger partial charge in [0.1, 0.15) is 5.75 Å². The van der Waals surface area contributed by atoms with E-state index in [1.807, 2.05) is 18.2 Å². The van der Waals surface area contributed by atoms with Crippen LogP contribution in [0.3, 0.4) is 0 Å². The molecule has 0 aliphatic rings. The Hall–Kier alpha value is -2.36. The van der Waals surface area contributed by atoms with E-state index in [1.165, 1.54) is 23.5 Å². The zero-order chi connectivity index (χ0) is 16.2. The molecule has 2 aromatic rings. The summed E-state index contributed by atoms with van der Waals surface area (Å²) < 4.78 is 31.5. The molecule has 0 bridgehead atoms. The fourth-order valence-corrected chi connectivity index (χ4v) is 3.22. The van der Waals surface area contributed by atoms with Crippen molar-refractivity contribution in [3.63, 3.8) is 0 Å². The second-order valence-corrected chi connectivity index (χ2v) is 6.80. The fourth-order valence-electron chi connectivity index (χ4n) is 2.02. The van der Waals surface area contributed by atoms with E-state index in [9.17, 15) is 8.42 Å². The highest BCUT2D eigenvalue weighted by Crippen LogP contribution is 2.19. The maximum absolute atomic E-state index is 12.5. The van der Waals surface area contributed by atoms with Gasteiger partial charge in [-0.15, -0.1) is 0 Å². The maximum Gasteiger partial charge on any atom is 0.243 e. The van der Waals surface area contributed by atoms with Gasteiger partial charge in [-0.2, -0.15) is 9.57 Å². The summed E-state index contributed by atoms with van der Waals surface area (Å²) in [7, 11) is -0.578. The van der Waals surface area contributed by atoms with Gasteiger partial charge in [-0.25, -0.2) is 8.42 Å². The Bertz CT molecular complexity index is 810. The molecule has 0 atom stereocenters. The van der Waals surface area contributed by atoms with E-state index in [-0.39, 0.29) is 11.4 Å². The van der Waals surface area contributed by atoms with Crippen molar-refractivity contribution in [2.24, 2.45) is 0 Å². The molecule has 22 heavy (non-hydrogen) atoms. The van der Waals surface area contributed by atoms with Gasteiger partial charge in [-0.05, 0) is 35.9 Å². The van der Waals surface area contributed by atoms with Crippen LogP contribution in [0.25, 0.3) is 0 Å². The lowest BCUT2D eigenvalue weighted by Crippen LogP contribution is -2.26. The van der Waals surface area contributed by atoms with Crippen molar-refractivity contribution < 1.29 is 13.2 Å². The van der Waals surface area contributed by atoms with Crippen LogP contribution in [0.2, 0.25) is 0 Å². The summed E-state index contributed by atoms with van der Waals surface area (Å²) in [6.07, 6.45) is 0. The van der Waals surface area contributed by atoms with Crippen molar-refractivity contribution in [3.05, 3.63) is 59.7 Å². The Morgan fingerprint density at radius 2 is 1.91 bits per heavy atom. The predicted molar refractivity (Wildman–Crippen MR) is 82.8 cm³/mol. The summed E-state index contributed by atoms with van der Waals surface area (Å²) in [5.41, 5.74) is 1.14. The number of hydrogen-bond acceptors (Lipinski definition) is 4. The number of methoxy groups -OCH3 is 1. The third-order valence-corrected chi connectivity index (χ3v) is 5.01. The van der Waals surface area contributed by atoms with E-state index in [0.29, 0.717) is 11.3 Å². The van der Waals surface area contributed by atoms with Crippen LogP contribution in [0.15, 0.2) is 53.4 Å². The SMILES string of the molecule is COc1cccc(CN(C)S(=O)(=O)c2cccc(C#N)c2)c1. The molecule has 5 nitrogen and oxygen atoms in total. The molecule has 0 saturated carbocycles. The first-order valence-corrected chi connectivity index (χ1v) is 8.01. The first kappa shape index (κ1) is 16.0. The molecule has 0 fully saturated rings. The topological polar surface area (TPSA) is 70.4 Å². The minimum Gasteiger partial charge on any atom is -0.497 e. The largest absolute Gasteiger partial charge is 0.497 e. The Kier molecular flexibility index (Phi) is 4.81. The van der Waals surface area contributed by atoms with Gasteiger partial charge in [0, 0.05) is 13.6 Å². The van der Waals surface area contributed by atoms with Crippen LogP contribution in [-0.4, -0.2) is 26.9 Å². The third kappa shape index (κ3) is 3.45. The number of hydrogen-bond donors (Lipinski definition) is 0. The monoisotopic (exact) mass is 316 g/mol. The maximum atomic E-state index is 12.5. The molecule has 114 valence electrons. The lowest BCUT2D eigenvalue weighted by Gasteiger charge is -2.17. The van der Waals surface area contributed by atoms with Crippen molar-refractivity contribution in [2.75, 3.05) is 14.2 Å². The van der Waals surface area contributed by atoms with E-state index >= 15 is 0 Å². The average Bonchev–Trinajstić information content (AvgIpc) is 2.55. The molecule has 0 amide bonds. The molecule has 0 heterocycles. The van der Waals surface area contributed by atoms with E-state index in [1.54, 1.807) is 31.4 Å². The lowest BCUT2D eigenvalue weighted by atomic mass is 10.2. The third-order valence-electron chi connectivity index (χ3n) is 3.21. The van der Waals surface area contributed by atoms with Crippen molar-refractivity contribution >= 4 is 10.0 Å². The number of rotatable bonds is 5. The van der Waals surface area contributed by atoms with Crippen LogP contribution in [0.4, 0.5) is 0 Å². The van der Waals surface area contributed by atoms with E-state index in [0.717, 1.165) is 5.56 Å². The van der Waals surface area contributed by atoms with Gasteiger partial charge in [-0.1, -0.05) is 18.2 Å². The molecule has 0 unspecified atom stereocenters. The number of ether oxygens (including phenoxy) is 1. The van der Waals surface area contributed by atoms with Gasteiger partial charge in [-0.3, -0.25) is 0 Å². The van der Waals surface area contributed by atoms with Crippen LogP contribution < -0.4 is 4.74 Å². The van der Waals surface area contributed by atoms with Crippen LogP contribution in [0, 0.1) is 11.3 Å². The molecule has 6 heteroatoms. The van der Waals surface area contributed by atoms with E-state index in [2.05, 4.69) is 0 Å². The molecule has 0 spiro atoms. The minimum absolute atomic E-state index is 0.108. The molecule has 0 aliphatic heterocycles. The minimum atomic E-state index is -3.65. The summed E-state index contributed by atoms with van der Waals surface area (Å²) in [4.78, 5) is 0.108. The van der Waals surface area contributed by atoms with Gasteiger partial charge in [0.25, 0.3) is 0 Å². The Morgan fingerprint density at radius 3 is 2.59 bits per heavy atom. The smallest absolute Gasteiger partial charge is 0.243 e. The quantitative estimate of drug-likeness (QED) is 0.849. The summed E-state index contributed by atoms with van der Waals surface area (Å²) in [5.74, 6) is 0.676. The van der Waals surface area contributed by atoms with Gasteiger partial charge in [0.2, 0.25) is 10.0 Å². The average molecular weight is 316 g/mol.